The first kappa shape index (κ1) is 15.7. The number of methoxy groups -OCH3 is 1. The molecule has 0 atom stereocenters. The Labute approximate surface area is 138 Å². The van der Waals surface area contributed by atoms with Crippen LogP contribution in [0.1, 0.15) is 21.7 Å². The van der Waals surface area contributed by atoms with Crippen molar-refractivity contribution in [3.05, 3.63) is 65.7 Å². The number of nitrogens with zero attached hydrogens (tertiary/aromatic N) is 1. The molecule has 0 amide bonds. The normalized spacial score (nSPS) is 10.5. The SMILES string of the molecule is COC(=O)c1ccoc1COC(=O)Cc1cccc2cccnc12. The van der Waals surface area contributed by atoms with Gasteiger partial charge in [-0.15, -0.1) is 0 Å². The van der Waals surface area contributed by atoms with E-state index in [-0.39, 0.29) is 24.4 Å². The molecule has 1 aromatic carbocycles. The third-order valence-corrected chi connectivity index (χ3v) is 3.57. The molecule has 6 nitrogen and oxygen atoms in total. The van der Waals surface area contributed by atoms with Gasteiger partial charge in [-0.3, -0.25) is 9.78 Å². The van der Waals surface area contributed by atoms with Crippen molar-refractivity contribution in [2.75, 3.05) is 7.11 Å². The van der Waals surface area contributed by atoms with Crippen LogP contribution in [0, 0.1) is 0 Å². The maximum atomic E-state index is 12.1. The molecule has 2 heterocycles. The third kappa shape index (κ3) is 3.27. The first-order chi connectivity index (χ1) is 11.7. The zero-order chi connectivity index (χ0) is 16.9. The second kappa shape index (κ2) is 6.95. The number of benzene rings is 1. The summed E-state index contributed by atoms with van der Waals surface area (Å²) in [4.78, 5) is 27.9. The van der Waals surface area contributed by atoms with E-state index >= 15 is 0 Å². The number of carbonyl (C=O) groups excluding carboxylic acids is 2. The first-order valence-electron chi connectivity index (χ1n) is 7.32. The summed E-state index contributed by atoms with van der Waals surface area (Å²) in [7, 11) is 1.28. The van der Waals surface area contributed by atoms with Gasteiger partial charge in [0.05, 0.1) is 25.3 Å². The molecule has 122 valence electrons. The van der Waals surface area contributed by atoms with Gasteiger partial charge >= 0.3 is 11.9 Å². The molecule has 0 radical (unpaired) electrons. The van der Waals surface area contributed by atoms with Crippen LogP contribution in [0.2, 0.25) is 0 Å². The Morgan fingerprint density at radius 3 is 2.83 bits per heavy atom. The van der Waals surface area contributed by atoms with Gasteiger partial charge in [-0.25, -0.2) is 4.79 Å². The lowest BCUT2D eigenvalue weighted by Gasteiger charge is -2.06. The predicted octanol–water partition coefficient (Wildman–Crippen LogP) is 2.90. The van der Waals surface area contributed by atoms with Crippen LogP contribution in [-0.4, -0.2) is 24.0 Å². The number of aromatic nitrogens is 1. The standard InChI is InChI=1S/C18H15NO5/c1-22-18(21)14-7-9-23-15(14)11-24-16(20)10-13-5-2-4-12-6-3-8-19-17(12)13/h2-9H,10-11H2,1H3. The second-order valence-corrected chi connectivity index (χ2v) is 5.08. The third-order valence-electron chi connectivity index (χ3n) is 3.57. The van der Waals surface area contributed by atoms with E-state index in [0.29, 0.717) is 0 Å². The molecule has 6 heteroatoms. The molecule has 24 heavy (non-hydrogen) atoms. The van der Waals surface area contributed by atoms with Crippen molar-refractivity contribution in [3.63, 3.8) is 0 Å². The summed E-state index contributed by atoms with van der Waals surface area (Å²) < 4.78 is 15.0. The summed E-state index contributed by atoms with van der Waals surface area (Å²) in [5, 5.41) is 0.960. The lowest BCUT2D eigenvalue weighted by Crippen LogP contribution is -2.10. The van der Waals surface area contributed by atoms with Crippen molar-refractivity contribution < 1.29 is 23.5 Å². The highest BCUT2D eigenvalue weighted by Gasteiger charge is 2.17. The maximum Gasteiger partial charge on any atom is 0.341 e. The van der Waals surface area contributed by atoms with Crippen molar-refractivity contribution in [1.29, 1.82) is 0 Å². The van der Waals surface area contributed by atoms with E-state index in [1.807, 2.05) is 30.3 Å². The number of hydrogen-bond donors (Lipinski definition) is 0. The van der Waals surface area contributed by atoms with Crippen LogP contribution in [0.4, 0.5) is 0 Å². The fourth-order valence-electron chi connectivity index (χ4n) is 2.41. The number of furan rings is 1. The second-order valence-electron chi connectivity index (χ2n) is 5.08. The summed E-state index contributed by atoms with van der Waals surface area (Å²) in [6.45, 7) is -0.130. The van der Waals surface area contributed by atoms with Gasteiger partial charge < -0.3 is 13.9 Å². The predicted molar refractivity (Wildman–Crippen MR) is 85.3 cm³/mol. The van der Waals surface area contributed by atoms with Crippen LogP contribution in [0.25, 0.3) is 10.9 Å². The minimum atomic E-state index is -0.534. The van der Waals surface area contributed by atoms with E-state index in [1.54, 1.807) is 6.20 Å². The number of fused-ring (bicyclic) bond motifs is 1. The van der Waals surface area contributed by atoms with Crippen LogP contribution in [0.5, 0.6) is 0 Å². The molecule has 0 saturated carbocycles. The van der Waals surface area contributed by atoms with Gasteiger partial charge in [0.1, 0.15) is 12.2 Å². The molecule has 0 spiro atoms. The van der Waals surface area contributed by atoms with Gasteiger partial charge in [-0.2, -0.15) is 0 Å². The molecule has 0 N–H and O–H groups in total. The van der Waals surface area contributed by atoms with Crippen molar-refractivity contribution in [2.24, 2.45) is 0 Å². The summed E-state index contributed by atoms with van der Waals surface area (Å²) in [6.07, 6.45) is 3.12. The Kier molecular flexibility index (Phi) is 4.56. The van der Waals surface area contributed by atoms with Gasteiger partial charge in [0.15, 0.2) is 5.76 Å². The molecule has 2 aromatic heterocycles. The van der Waals surface area contributed by atoms with Crippen LogP contribution >= 0.6 is 0 Å². The topological polar surface area (TPSA) is 78.6 Å². The average Bonchev–Trinajstić information content (AvgIpc) is 3.08. The van der Waals surface area contributed by atoms with Crippen molar-refractivity contribution in [2.45, 2.75) is 13.0 Å². The van der Waals surface area contributed by atoms with Crippen molar-refractivity contribution >= 4 is 22.8 Å². The van der Waals surface area contributed by atoms with Crippen molar-refractivity contribution in [3.8, 4) is 0 Å². The highest BCUT2D eigenvalue weighted by Crippen LogP contribution is 2.18. The Bertz CT molecular complexity index is 879. The molecule has 0 aliphatic rings. The summed E-state index contributed by atoms with van der Waals surface area (Å²) in [5.41, 5.74) is 1.80. The maximum absolute atomic E-state index is 12.1. The van der Waals surface area contributed by atoms with Crippen molar-refractivity contribution in [1.82, 2.24) is 4.98 Å². The average molecular weight is 325 g/mol. The van der Waals surface area contributed by atoms with Gasteiger partial charge in [-0.05, 0) is 17.7 Å². The Morgan fingerprint density at radius 1 is 1.17 bits per heavy atom. The summed E-state index contributed by atoms with van der Waals surface area (Å²) in [6, 6.07) is 10.9. The number of carbonyl (C=O) groups is 2. The minimum Gasteiger partial charge on any atom is -0.465 e. The van der Waals surface area contributed by atoms with Gasteiger partial charge in [-0.1, -0.05) is 24.3 Å². The highest BCUT2D eigenvalue weighted by molar-refractivity contribution is 5.90. The van der Waals surface area contributed by atoms with Crippen LogP contribution in [0.15, 0.2) is 53.3 Å². The number of pyridine rings is 1. The fraction of sp³-hybridized carbons (Fsp3) is 0.167. The molecule has 0 aliphatic carbocycles. The molecular formula is C18H15NO5. The smallest absolute Gasteiger partial charge is 0.341 e. The summed E-state index contributed by atoms with van der Waals surface area (Å²) in [5.74, 6) is -0.709. The number of esters is 2. The Hall–Kier alpha value is -3.15. The zero-order valence-corrected chi connectivity index (χ0v) is 13.0. The van der Waals surface area contributed by atoms with E-state index in [1.165, 1.54) is 19.4 Å². The van der Waals surface area contributed by atoms with Gasteiger partial charge in [0, 0.05) is 11.6 Å². The van der Waals surface area contributed by atoms with Gasteiger partial charge in [0.25, 0.3) is 0 Å². The molecule has 0 saturated heterocycles. The molecule has 3 rings (SSSR count). The summed E-state index contributed by atoms with van der Waals surface area (Å²) >= 11 is 0. The fourth-order valence-corrected chi connectivity index (χ4v) is 2.41. The van der Waals surface area contributed by atoms with E-state index in [9.17, 15) is 9.59 Å². The Balaban J connectivity index is 1.68. The lowest BCUT2D eigenvalue weighted by atomic mass is 10.1. The largest absolute Gasteiger partial charge is 0.465 e. The highest BCUT2D eigenvalue weighted by atomic mass is 16.5. The number of rotatable bonds is 5. The number of para-hydroxylation sites is 1. The zero-order valence-electron chi connectivity index (χ0n) is 13.0. The molecule has 3 aromatic rings. The van der Waals surface area contributed by atoms with Crippen LogP contribution < -0.4 is 0 Å². The molecular weight excluding hydrogens is 310 g/mol. The monoisotopic (exact) mass is 325 g/mol. The minimum absolute atomic E-state index is 0.0859. The van der Waals surface area contributed by atoms with Gasteiger partial charge in [0.2, 0.25) is 0 Å². The van der Waals surface area contributed by atoms with E-state index in [4.69, 9.17) is 9.15 Å². The van der Waals surface area contributed by atoms with E-state index in [2.05, 4.69) is 9.72 Å². The molecule has 0 bridgehead atoms. The van der Waals surface area contributed by atoms with E-state index < -0.39 is 11.9 Å². The first-order valence-corrected chi connectivity index (χ1v) is 7.32. The van der Waals surface area contributed by atoms with Crippen LogP contribution in [-0.2, 0) is 27.3 Å². The number of hydrogen-bond acceptors (Lipinski definition) is 6. The quantitative estimate of drug-likeness (QED) is 0.671. The molecule has 0 unspecified atom stereocenters. The number of ether oxygens (including phenoxy) is 2. The molecule has 0 aliphatic heterocycles. The van der Waals surface area contributed by atoms with Crippen LogP contribution in [0.3, 0.4) is 0 Å². The molecule has 0 fully saturated rings. The Morgan fingerprint density at radius 2 is 2.00 bits per heavy atom. The lowest BCUT2D eigenvalue weighted by molar-refractivity contribution is -0.144. The van der Waals surface area contributed by atoms with E-state index in [0.717, 1.165) is 16.5 Å².